The number of benzene rings is 1. The average Bonchev–Trinajstić information content (AvgIpc) is 2.70. The van der Waals surface area contributed by atoms with Crippen LogP contribution in [0.25, 0.3) is 0 Å². The fourth-order valence-corrected chi connectivity index (χ4v) is 2.17. The Labute approximate surface area is 109 Å². The highest BCUT2D eigenvalue weighted by atomic mass is 79.9. The van der Waals surface area contributed by atoms with E-state index in [1.54, 1.807) is 0 Å². The SMILES string of the molecule is C=C(Br)CNC(=O)CC1CNc2ccccc21. The Balaban J connectivity index is 1.93. The number of carbonyl (C=O) groups excluding carboxylic acids is 1. The van der Waals surface area contributed by atoms with Crippen LogP contribution >= 0.6 is 15.9 Å². The van der Waals surface area contributed by atoms with Gasteiger partial charge in [0.1, 0.15) is 0 Å². The fraction of sp³-hybridized carbons (Fsp3) is 0.308. The fourth-order valence-electron chi connectivity index (χ4n) is 2.03. The second-order valence-electron chi connectivity index (χ2n) is 4.16. The topological polar surface area (TPSA) is 41.1 Å². The molecule has 1 atom stereocenters. The summed E-state index contributed by atoms with van der Waals surface area (Å²) in [5.41, 5.74) is 2.38. The molecule has 0 aliphatic carbocycles. The van der Waals surface area contributed by atoms with Crippen LogP contribution < -0.4 is 10.6 Å². The van der Waals surface area contributed by atoms with E-state index in [0.717, 1.165) is 16.7 Å². The molecule has 1 aliphatic heterocycles. The predicted molar refractivity (Wildman–Crippen MR) is 73.4 cm³/mol. The molecular formula is C13H15BrN2O. The van der Waals surface area contributed by atoms with Crippen LogP contribution in [0.3, 0.4) is 0 Å². The number of carbonyl (C=O) groups is 1. The van der Waals surface area contributed by atoms with Crippen molar-refractivity contribution >= 4 is 27.5 Å². The van der Waals surface area contributed by atoms with E-state index in [9.17, 15) is 4.79 Å². The Hall–Kier alpha value is -1.29. The Kier molecular flexibility index (Phi) is 3.84. The summed E-state index contributed by atoms with van der Waals surface area (Å²) in [5.74, 6) is 0.337. The van der Waals surface area contributed by atoms with E-state index in [0.29, 0.717) is 13.0 Å². The van der Waals surface area contributed by atoms with Crippen LogP contribution in [0, 0.1) is 0 Å². The molecule has 4 heteroatoms. The van der Waals surface area contributed by atoms with Gasteiger partial charge in [0.25, 0.3) is 0 Å². The molecule has 3 nitrogen and oxygen atoms in total. The Morgan fingerprint density at radius 3 is 3.06 bits per heavy atom. The van der Waals surface area contributed by atoms with Gasteiger partial charge in [-0.2, -0.15) is 0 Å². The van der Waals surface area contributed by atoms with E-state index in [1.807, 2.05) is 18.2 Å². The third kappa shape index (κ3) is 3.09. The lowest BCUT2D eigenvalue weighted by Gasteiger charge is -2.10. The first kappa shape index (κ1) is 12.2. The first-order valence-electron chi connectivity index (χ1n) is 5.59. The van der Waals surface area contributed by atoms with Gasteiger partial charge in [0.05, 0.1) is 0 Å². The molecule has 1 heterocycles. The lowest BCUT2D eigenvalue weighted by molar-refractivity contribution is -0.121. The summed E-state index contributed by atoms with van der Waals surface area (Å²) in [6, 6.07) is 8.14. The maximum absolute atomic E-state index is 11.7. The number of anilines is 1. The second-order valence-corrected chi connectivity index (χ2v) is 5.28. The van der Waals surface area contributed by atoms with Gasteiger partial charge in [0.2, 0.25) is 5.91 Å². The lowest BCUT2D eigenvalue weighted by atomic mass is 9.98. The van der Waals surface area contributed by atoms with Gasteiger partial charge in [-0.25, -0.2) is 0 Å². The first-order valence-corrected chi connectivity index (χ1v) is 6.39. The summed E-state index contributed by atoms with van der Waals surface area (Å²) in [5, 5.41) is 6.14. The minimum Gasteiger partial charge on any atom is -0.384 e. The minimum atomic E-state index is 0.0640. The molecule has 0 fully saturated rings. The molecule has 0 aromatic heterocycles. The summed E-state index contributed by atoms with van der Waals surface area (Å²) in [6.07, 6.45) is 0.518. The molecule has 2 N–H and O–H groups in total. The van der Waals surface area contributed by atoms with Crippen molar-refractivity contribution in [3.8, 4) is 0 Å². The molecule has 1 aliphatic rings. The number of rotatable bonds is 4. The minimum absolute atomic E-state index is 0.0640. The molecule has 0 bridgehead atoms. The van der Waals surface area contributed by atoms with Gasteiger partial charge in [-0.05, 0) is 11.6 Å². The summed E-state index contributed by atoms with van der Waals surface area (Å²) in [6.45, 7) is 5.01. The van der Waals surface area contributed by atoms with Gasteiger partial charge >= 0.3 is 0 Å². The molecule has 0 saturated carbocycles. The summed E-state index contributed by atoms with van der Waals surface area (Å²) < 4.78 is 0.788. The van der Waals surface area contributed by atoms with E-state index >= 15 is 0 Å². The normalized spacial score (nSPS) is 17.1. The molecule has 0 saturated heterocycles. The number of fused-ring (bicyclic) bond motifs is 1. The average molecular weight is 295 g/mol. The van der Waals surface area contributed by atoms with Crippen LogP contribution in [0.2, 0.25) is 0 Å². The van der Waals surface area contributed by atoms with E-state index < -0.39 is 0 Å². The van der Waals surface area contributed by atoms with Crippen molar-refractivity contribution in [2.24, 2.45) is 0 Å². The molecule has 1 unspecified atom stereocenters. The Morgan fingerprint density at radius 2 is 2.29 bits per heavy atom. The molecular weight excluding hydrogens is 280 g/mol. The van der Waals surface area contributed by atoms with E-state index in [2.05, 4.69) is 39.2 Å². The predicted octanol–water partition coefficient (Wildman–Crippen LogP) is 2.61. The smallest absolute Gasteiger partial charge is 0.220 e. The molecule has 0 spiro atoms. The number of para-hydroxylation sites is 1. The van der Waals surface area contributed by atoms with Crippen molar-refractivity contribution in [3.05, 3.63) is 40.9 Å². The lowest BCUT2D eigenvalue weighted by Crippen LogP contribution is -2.26. The van der Waals surface area contributed by atoms with Gasteiger partial charge in [0.15, 0.2) is 0 Å². The quantitative estimate of drug-likeness (QED) is 0.896. The molecule has 90 valence electrons. The third-order valence-electron chi connectivity index (χ3n) is 2.85. The molecule has 17 heavy (non-hydrogen) atoms. The monoisotopic (exact) mass is 294 g/mol. The van der Waals surface area contributed by atoms with E-state index in [1.165, 1.54) is 5.56 Å². The first-order chi connectivity index (χ1) is 8.16. The van der Waals surface area contributed by atoms with E-state index in [4.69, 9.17) is 0 Å². The maximum Gasteiger partial charge on any atom is 0.220 e. The van der Waals surface area contributed by atoms with Crippen LogP contribution in [0.4, 0.5) is 5.69 Å². The summed E-state index contributed by atoms with van der Waals surface area (Å²) in [4.78, 5) is 11.7. The van der Waals surface area contributed by atoms with Gasteiger partial charge < -0.3 is 10.6 Å². The largest absolute Gasteiger partial charge is 0.384 e. The highest BCUT2D eigenvalue weighted by Gasteiger charge is 2.23. The molecule has 1 amide bonds. The highest BCUT2D eigenvalue weighted by Crippen LogP contribution is 2.32. The number of amides is 1. The summed E-state index contributed by atoms with van der Waals surface area (Å²) >= 11 is 3.22. The van der Waals surface area contributed by atoms with Crippen LogP contribution in [0.1, 0.15) is 17.9 Å². The molecule has 2 rings (SSSR count). The van der Waals surface area contributed by atoms with Gasteiger partial charge in [-0.1, -0.05) is 40.7 Å². The zero-order chi connectivity index (χ0) is 12.3. The van der Waals surface area contributed by atoms with Crippen molar-refractivity contribution in [3.63, 3.8) is 0 Å². The number of nitrogens with one attached hydrogen (secondary N) is 2. The molecule has 1 aromatic carbocycles. The van der Waals surface area contributed by atoms with Gasteiger partial charge in [-0.15, -0.1) is 0 Å². The van der Waals surface area contributed by atoms with Crippen LogP contribution in [-0.2, 0) is 4.79 Å². The number of hydrogen-bond acceptors (Lipinski definition) is 2. The highest BCUT2D eigenvalue weighted by molar-refractivity contribution is 9.11. The standard InChI is InChI=1S/C13H15BrN2O/c1-9(14)7-16-13(17)6-10-8-15-12-5-3-2-4-11(10)12/h2-5,10,15H,1,6-8H2,(H,16,17). The van der Waals surface area contributed by atoms with Crippen LogP contribution in [-0.4, -0.2) is 19.0 Å². The Morgan fingerprint density at radius 1 is 1.53 bits per heavy atom. The third-order valence-corrected chi connectivity index (χ3v) is 3.13. The zero-order valence-corrected chi connectivity index (χ0v) is 11.1. The summed E-state index contributed by atoms with van der Waals surface area (Å²) in [7, 11) is 0. The van der Waals surface area contributed by atoms with Crippen molar-refractivity contribution in [1.29, 1.82) is 0 Å². The van der Waals surface area contributed by atoms with Crippen molar-refractivity contribution in [2.45, 2.75) is 12.3 Å². The number of hydrogen-bond donors (Lipinski definition) is 2. The van der Waals surface area contributed by atoms with Crippen LogP contribution in [0.5, 0.6) is 0 Å². The van der Waals surface area contributed by atoms with Gasteiger partial charge in [0, 0.05) is 35.6 Å². The van der Waals surface area contributed by atoms with Crippen LogP contribution in [0.15, 0.2) is 35.3 Å². The maximum atomic E-state index is 11.7. The van der Waals surface area contributed by atoms with Crippen molar-refractivity contribution < 1.29 is 4.79 Å². The van der Waals surface area contributed by atoms with Crippen molar-refractivity contribution in [1.82, 2.24) is 5.32 Å². The van der Waals surface area contributed by atoms with Crippen molar-refractivity contribution in [2.75, 3.05) is 18.4 Å². The van der Waals surface area contributed by atoms with E-state index in [-0.39, 0.29) is 11.8 Å². The zero-order valence-electron chi connectivity index (χ0n) is 9.50. The Bertz CT molecular complexity index is 445. The molecule has 0 radical (unpaired) electrons. The van der Waals surface area contributed by atoms with Gasteiger partial charge in [-0.3, -0.25) is 4.79 Å². The number of halogens is 1. The molecule has 1 aromatic rings. The second kappa shape index (κ2) is 5.36.